The SMILES string of the molecule is CC1NC(Cc2ccccc2F)=C(C#N)C(c2ccc(F)cc2C(F)(F)F)C1(C)C(=O)O. The Morgan fingerprint density at radius 3 is 2.44 bits per heavy atom. The normalized spacial score (nSPS) is 23.4. The summed E-state index contributed by atoms with van der Waals surface area (Å²) >= 11 is 0. The summed E-state index contributed by atoms with van der Waals surface area (Å²) in [5.41, 5.74) is -3.74. The summed E-state index contributed by atoms with van der Waals surface area (Å²) in [5, 5.41) is 22.8. The van der Waals surface area contributed by atoms with Crippen molar-refractivity contribution in [3.8, 4) is 6.07 Å². The van der Waals surface area contributed by atoms with Crippen LogP contribution in [-0.2, 0) is 17.4 Å². The van der Waals surface area contributed by atoms with Crippen LogP contribution in [0.2, 0.25) is 0 Å². The highest BCUT2D eigenvalue weighted by atomic mass is 19.4. The fraction of sp³-hybridized carbons (Fsp3) is 0.304. The first-order valence-electron chi connectivity index (χ1n) is 9.64. The van der Waals surface area contributed by atoms with Gasteiger partial charge in [-0.15, -0.1) is 0 Å². The van der Waals surface area contributed by atoms with E-state index in [9.17, 15) is 37.1 Å². The lowest BCUT2D eigenvalue weighted by atomic mass is 9.62. The minimum absolute atomic E-state index is 0.117. The average molecular weight is 450 g/mol. The molecule has 0 aromatic heterocycles. The Kier molecular flexibility index (Phi) is 6.00. The molecule has 0 spiro atoms. The van der Waals surface area contributed by atoms with Crippen molar-refractivity contribution in [2.24, 2.45) is 5.41 Å². The molecule has 0 saturated heterocycles. The second kappa shape index (κ2) is 8.26. The molecule has 0 fully saturated rings. The van der Waals surface area contributed by atoms with Crippen molar-refractivity contribution in [3.05, 3.63) is 82.1 Å². The molecule has 32 heavy (non-hydrogen) atoms. The third kappa shape index (κ3) is 3.93. The third-order valence-electron chi connectivity index (χ3n) is 6.04. The lowest BCUT2D eigenvalue weighted by Crippen LogP contribution is -2.54. The van der Waals surface area contributed by atoms with Gasteiger partial charge in [-0.25, -0.2) is 8.78 Å². The topological polar surface area (TPSA) is 73.1 Å². The lowest BCUT2D eigenvalue weighted by molar-refractivity contribution is -0.152. The first kappa shape index (κ1) is 23.3. The van der Waals surface area contributed by atoms with Gasteiger partial charge in [-0.2, -0.15) is 18.4 Å². The van der Waals surface area contributed by atoms with Gasteiger partial charge in [-0.05, 0) is 43.2 Å². The number of allylic oxidation sites excluding steroid dienone is 2. The summed E-state index contributed by atoms with van der Waals surface area (Å²) in [7, 11) is 0. The maximum absolute atomic E-state index is 14.2. The zero-order chi connectivity index (χ0) is 23.8. The van der Waals surface area contributed by atoms with Crippen LogP contribution in [-0.4, -0.2) is 17.1 Å². The van der Waals surface area contributed by atoms with Crippen LogP contribution in [0.15, 0.2) is 53.7 Å². The standard InChI is InChI=1S/C23H19F5N2O2/c1-12-22(2,21(31)32)20(15-8-7-14(24)10-17(15)23(26,27)28)16(11-29)19(30-12)9-13-5-3-4-6-18(13)25/h3-8,10,12,20,30H,9H2,1-2H3,(H,31,32). The molecule has 0 amide bonds. The molecule has 168 valence electrons. The second-order valence-corrected chi connectivity index (χ2v) is 7.89. The third-order valence-corrected chi connectivity index (χ3v) is 6.04. The first-order valence-corrected chi connectivity index (χ1v) is 9.64. The minimum atomic E-state index is -4.99. The van der Waals surface area contributed by atoms with Crippen molar-refractivity contribution >= 4 is 5.97 Å². The number of carboxylic acid groups (broad SMARTS) is 1. The van der Waals surface area contributed by atoms with E-state index in [1.807, 2.05) is 6.07 Å². The van der Waals surface area contributed by atoms with E-state index >= 15 is 0 Å². The molecular formula is C23H19F5N2O2. The van der Waals surface area contributed by atoms with Crippen molar-refractivity contribution in [1.82, 2.24) is 5.32 Å². The van der Waals surface area contributed by atoms with Crippen LogP contribution in [0.25, 0.3) is 0 Å². The molecule has 0 saturated carbocycles. The molecule has 0 bridgehead atoms. The first-order chi connectivity index (χ1) is 14.9. The monoisotopic (exact) mass is 450 g/mol. The fourth-order valence-electron chi connectivity index (χ4n) is 4.14. The summed E-state index contributed by atoms with van der Waals surface area (Å²) in [5.74, 6) is -4.71. The molecule has 0 radical (unpaired) electrons. The van der Waals surface area contributed by atoms with Gasteiger partial charge >= 0.3 is 12.1 Å². The molecule has 0 aliphatic carbocycles. The maximum atomic E-state index is 14.2. The number of nitrogens with zero attached hydrogens (tertiary/aromatic N) is 1. The van der Waals surface area contributed by atoms with E-state index in [1.165, 1.54) is 32.0 Å². The van der Waals surface area contributed by atoms with Gasteiger partial charge in [-0.1, -0.05) is 24.3 Å². The highest BCUT2D eigenvalue weighted by Crippen LogP contribution is 2.51. The number of benzene rings is 2. The molecule has 1 aliphatic rings. The van der Waals surface area contributed by atoms with E-state index in [0.29, 0.717) is 0 Å². The average Bonchev–Trinajstić information content (AvgIpc) is 2.71. The maximum Gasteiger partial charge on any atom is 0.416 e. The van der Waals surface area contributed by atoms with Crippen LogP contribution in [0.5, 0.6) is 0 Å². The van der Waals surface area contributed by atoms with Crippen molar-refractivity contribution < 1.29 is 31.9 Å². The molecule has 2 aromatic rings. The smallest absolute Gasteiger partial charge is 0.416 e. The van der Waals surface area contributed by atoms with E-state index in [-0.39, 0.29) is 29.3 Å². The van der Waals surface area contributed by atoms with Crippen LogP contribution in [0.4, 0.5) is 22.0 Å². The van der Waals surface area contributed by atoms with Gasteiger partial charge in [-0.3, -0.25) is 4.79 Å². The van der Waals surface area contributed by atoms with Crippen molar-refractivity contribution in [2.45, 2.75) is 38.4 Å². The molecule has 1 aliphatic heterocycles. The van der Waals surface area contributed by atoms with E-state index in [1.54, 1.807) is 6.07 Å². The van der Waals surface area contributed by atoms with Crippen molar-refractivity contribution in [3.63, 3.8) is 0 Å². The Labute approximate surface area is 181 Å². The molecule has 2 N–H and O–H groups in total. The molecular weight excluding hydrogens is 431 g/mol. The van der Waals surface area contributed by atoms with Crippen LogP contribution >= 0.6 is 0 Å². The fourth-order valence-corrected chi connectivity index (χ4v) is 4.14. The Balaban J connectivity index is 2.32. The molecule has 3 rings (SSSR count). The number of carbonyl (C=O) groups is 1. The van der Waals surface area contributed by atoms with Gasteiger partial charge in [0.1, 0.15) is 11.6 Å². The van der Waals surface area contributed by atoms with Crippen LogP contribution in [0, 0.1) is 28.4 Å². The zero-order valence-corrected chi connectivity index (χ0v) is 17.1. The van der Waals surface area contributed by atoms with Gasteiger partial charge in [0, 0.05) is 24.1 Å². The molecule has 4 nitrogen and oxygen atoms in total. The zero-order valence-electron chi connectivity index (χ0n) is 17.1. The number of aliphatic carboxylic acids is 1. The van der Waals surface area contributed by atoms with Gasteiger partial charge in [0.15, 0.2) is 0 Å². The van der Waals surface area contributed by atoms with Gasteiger partial charge in [0.2, 0.25) is 0 Å². The summed E-state index contributed by atoms with van der Waals surface area (Å²) < 4.78 is 69.3. The number of alkyl halides is 3. The lowest BCUT2D eigenvalue weighted by Gasteiger charge is -2.45. The van der Waals surface area contributed by atoms with Gasteiger partial charge in [0.25, 0.3) is 0 Å². The predicted molar refractivity (Wildman–Crippen MR) is 105 cm³/mol. The Morgan fingerprint density at radius 2 is 1.88 bits per heavy atom. The Bertz CT molecular complexity index is 1140. The van der Waals surface area contributed by atoms with Gasteiger partial charge < -0.3 is 10.4 Å². The largest absolute Gasteiger partial charge is 0.481 e. The minimum Gasteiger partial charge on any atom is -0.481 e. The number of hydrogen-bond donors (Lipinski definition) is 2. The number of nitrogens with one attached hydrogen (secondary N) is 1. The number of nitriles is 1. The molecule has 3 atom stereocenters. The van der Waals surface area contributed by atoms with Crippen LogP contribution < -0.4 is 5.32 Å². The Hall–Kier alpha value is -3.41. The number of halogens is 5. The van der Waals surface area contributed by atoms with Crippen LogP contribution in [0.3, 0.4) is 0 Å². The quantitative estimate of drug-likeness (QED) is 0.631. The van der Waals surface area contributed by atoms with E-state index in [0.717, 1.165) is 12.1 Å². The molecule has 1 heterocycles. The molecule has 3 unspecified atom stereocenters. The molecule has 2 aromatic carbocycles. The van der Waals surface area contributed by atoms with Gasteiger partial charge in [0.05, 0.1) is 22.6 Å². The highest BCUT2D eigenvalue weighted by molar-refractivity contribution is 5.79. The number of rotatable bonds is 4. The van der Waals surface area contributed by atoms with E-state index < -0.39 is 52.3 Å². The van der Waals surface area contributed by atoms with Crippen molar-refractivity contribution in [2.75, 3.05) is 0 Å². The highest BCUT2D eigenvalue weighted by Gasteiger charge is 2.54. The predicted octanol–water partition coefficient (Wildman–Crippen LogP) is 5.17. The molecule has 9 heteroatoms. The van der Waals surface area contributed by atoms with E-state index in [2.05, 4.69) is 5.32 Å². The summed E-state index contributed by atoms with van der Waals surface area (Å²) in [6, 6.07) is 8.54. The summed E-state index contributed by atoms with van der Waals surface area (Å²) in [6.45, 7) is 2.70. The summed E-state index contributed by atoms with van der Waals surface area (Å²) in [6.07, 6.45) is -5.15. The van der Waals surface area contributed by atoms with Crippen molar-refractivity contribution in [1.29, 1.82) is 5.26 Å². The second-order valence-electron chi connectivity index (χ2n) is 7.89. The number of carboxylic acids is 1. The number of hydrogen-bond acceptors (Lipinski definition) is 3. The Morgan fingerprint density at radius 1 is 1.22 bits per heavy atom. The van der Waals surface area contributed by atoms with Crippen LogP contribution in [0.1, 0.15) is 36.5 Å². The summed E-state index contributed by atoms with van der Waals surface area (Å²) in [4.78, 5) is 12.3. The van der Waals surface area contributed by atoms with E-state index in [4.69, 9.17) is 0 Å².